The fourth-order valence-electron chi connectivity index (χ4n) is 2.58. The van der Waals surface area contributed by atoms with Gasteiger partial charge >= 0.3 is 0 Å². The Morgan fingerprint density at radius 1 is 1.33 bits per heavy atom. The standard InChI is InChI=1S/C14H17N3S/c1-15-10-14(5-2-6-14)13-17-12(9-18-13)11-3-7-16-8-4-11/h3-4,7-9,15H,2,5-6,10H2,1H3. The first-order valence-corrected chi connectivity index (χ1v) is 7.23. The summed E-state index contributed by atoms with van der Waals surface area (Å²) < 4.78 is 0. The van der Waals surface area contributed by atoms with E-state index in [0.717, 1.165) is 17.8 Å². The zero-order valence-electron chi connectivity index (χ0n) is 10.5. The van der Waals surface area contributed by atoms with Gasteiger partial charge in [-0.25, -0.2) is 4.98 Å². The van der Waals surface area contributed by atoms with Gasteiger partial charge in [-0.1, -0.05) is 6.42 Å². The second-order valence-corrected chi connectivity index (χ2v) is 5.80. The minimum absolute atomic E-state index is 0.296. The van der Waals surface area contributed by atoms with Crippen LogP contribution in [0.1, 0.15) is 24.3 Å². The average molecular weight is 259 g/mol. The normalized spacial score (nSPS) is 17.4. The Kier molecular flexibility index (Phi) is 3.14. The van der Waals surface area contributed by atoms with Gasteiger partial charge in [-0.2, -0.15) is 0 Å². The number of nitrogens with zero attached hydrogens (tertiary/aromatic N) is 2. The number of aromatic nitrogens is 2. The quantitative estimate of drug-likeness (QED) is 0.917. The molecule has 0 bridgehead atoms. The number of pyridine rings is 1. The van der Waals surface area contributed by atoms with Gasteiger partial charge in [0.15, 0.2) is 0 Å². The van der Waals surface area contributed by atoms with E-state index in [0.29, 0.717) is 5.41 Å². The summed E-state index contributed by atoms with van der Waals surface area (Å²) >= 11 is 1.80. The summed E-state index contributed by atoms with van der Waals surface area (Å²) in [6.45, 7) is 1.04. The maximum absolute atomic E-state index is 4.84. The van der Waals surface area contributed by atoms with Crippen molar-refractivity contribution in [3.8, 4) is 11.3 Å². The lowest BCUT2D eigenvalue weighted by molar-refractivity contribution is 0.238. The van der Waals surface area contributed by atoms with Gasteiger partial charge in [0.1, 0.15) is 5.01 Å². The van der Waals surface area contributed by atoms with E-state index < -0.39 is 0 Å². The molecule has 2 aromatic rings. The number of thiazole rings is 1. The molecule has 1 aliphatic carbocycles. The van der Waals surface area contributed by atoms with Crippen LogP contribution in [-0.2, 0) is 5.41 Å². The van der Waals surface area contributed by atoms with Crippen molar-refractivity contribution in [2.24, 2.45) is 0 Å². The van der Waals surface area contributed by atoms with Crippen LogP contribution in [0.5, 0.6) is 0 Å². The highest BCUT2D eigenvalue weighted by Gasteiger charge is 2.40. The van der Waals surface area contributed by atoms with Crippen molar-refractivity contribution in [1.82, 2.24) is 15.3 Å². The molecule has 2 aromatic heterocycles. The van der Waals surface area contributed by atoms with Gasteiger partial charge in [0, 0.05) is 35.3 Å². The molecule has 1 fully saturated rings. The van der Waals surface area contributed by atoms with Gasteiger partial charge in [0.05, 0.1) is 5.69 Å². The van der Waals surface area contributed by atoms with Gasteiger partial charge in [-0.3, -0.25) is 4.98 Å². The zero-order valence-corrected chi connectivity index (χ0v) is 11.3. The Morgan fingerprint density at radius 3 is 2.72 bits per heavy atom. The highest BCUT2D eigenvalue weighted by Crippen LogP contribution is 2.45. The highest BCUT2D eigenvalue weighted by atomic mass is 32.1. The Balaban J connectivity index is 1.90. The lowest BCUT2D eigenvalue weighted by atomic mass is 9.69. The maximum Gasteiger partial charge on any atom is 0.101 e. The van der Waals surface area contributed by atoms with Gasteiger partial charge in [0.2, 0.25) is 0 Å². The number of likely N-dealkylation sites (N-methyl/N-ethyl adjacent to an activating group) is 1. The molecule has 3 rings (SSSR count). The summed E-state index contributed by atoms with van der Waals surface area (Å²) in [5.41, 5.74) is 2.54. The smallest absolute Gasteiger partial charge is 0.101 e. The fraction of sp³-hybridized carbons (Fsp3) is 0.429. The molecule has 0 unspecified atom stereocenters. The Labute approximate surface area is 111 Å². The molecule has 0 atom stereocenters. The average Bonchev–Trinajstić information content (AvgIpc) is 2.84. The molecule has 1 saturated carbocycles. The van der Waals surface area contributed by atoms with Crippen molar-refractivity contribution < 1.29 is 0 Å². The van der Waals surface area contributed by atoms with E-state index in [9.17, 15) is 0 Å². The molecule has 94 valence electrons. The third-order valence-corrected chi connectivity index (χ3v) is 4.85. The first-order chi connectivity index (χ1) is 8.84. The van der Waals surface area contributed by atoms with Crippen LogP contribution in [0.3, 0.4) is 0 Å². The van der Waals surface area contributed by atoms with Crippen molar-refractivity contribution in [3.05, 3.63) is 34.9 Å². The topological polar surface area (TPSA) is 37.8 Å². The van der Waals surface area contributed by atoms with Gasteiger partial charge in [0.25, 0.3) is 0 Å². The molecule has 0 spiro atoms. The third-order valence-electron chi connectivity index (χ3n) is 3.76. The SMILES string of the molecule is CNCC1(c2nc(-c3ccncc3)cs2)CCC1. The predicted octanol–water partition coefficient (Wildman–Crippen LogP) is 2.85. The summed E-state index contributed by atoms with van der Waals surface area (Å²) in [5, 5.41) is 6.77. The number of hydrogen-bond acceptors (Lipinski definition) is 4. The molecule has 2 heterocycles. The van der Waals surface area contributed by atoms with E-state index in [2.05, 4.69) is 15.7 Å². The molecule has 0 radical (unpaired) electrons. The molecular weight excluding hydrogens is 242 g/mol. The van der Waals surface area contributed by atoms with Crippen LogP contribution in [-0.4, -0.2) is 23.6 Å². The number of nitrogens with one attached hydrogen (secondary N) is 1. The van der Waals surface area contributed by atoms with E-state index in [1.54, 1.807) is 11.3 Å². The fourth-order valence-corrected chi connectivity index (χ4v) is 3.67. The predicted molar refractivity (Wildman–Crippen MR) is 74.8 cm³/mol. The van der Waals surface area contributed by atoms with Gasteiger partial charge in [-0.05, 0) is 32.0 Å². The third kappa shape index (κ3) is 1.95. The number of hydrogen-bond donors (Lipinski definition) is 1. The lowest BCUT2D eigenvalue weighted by Crippen LogP contribution is -2.42. The minimum atomic E-state index is 0.296. The number of rotatable bonds is 4. The lowest BCUT2D eigenvalue weighted by Gasteiger charge is -2.40. The van der Waals surface area contributed by atoms with Crippen molar-refractivity contribution in [2.45, 2.75) is 24.7 Å². The van der Waals surface area contributed by atoms with E-state index in [-0.39, 0.29) is 0 Å². The Hall–Kier alpha value is -1.26. The second kappa shape index (κ2) is 4.78. The van der Waals surface area contributed by atoms with Crippen LogP contribution < -0.4 is 5.32 Å². The van der Waals surface area contributed by atoms with Gasteiger partial charge in [-0.15, -0.1) is 11.3 Å². The van der Waals surface area contributed by atoms with Crippen LogP contribution in [0.2, 0.25) is 0 Å². The second-order valence-electron chi connectivity index (χ2n) is 4.94. The molecule has 4 heteroatoms. The van der Waals surface area contributed by atoms with E-state index in [1.165, 1.54) is 24.3 Å². The van der Waals surface area contributed by atoms with Crippen LogP contribution in [0.4, 0.5) is 0 Å². The zero-order chi connectivity index (χ0) is 12.4. The summed E-state index contributed by atoms with van der Waals surface area (Å²) in [4.78, 5) is 8.89. The molecule has 1 N–H and O–H groups in total. The maximum atomic E-state index is 4.84. The van der Waals surface area contributed by atoms with Crippen molar-refractivity contribution in [3.63, 3.8) is 0 Å². The summed E-state index contributed by atoms with van der Waals surface area (Å²) in [6.07, 6.45) is 7.49. The summed E-state index contributed by atoms with van der Waals surface area (Å²) in [7, 11) is 2.03. The molecule has 0 aliphatic heterocycles. The first kappa shape index (κ1) is 11.8. The molecule has 18 heavy (non-hydrogen) atoms. The summed E-state index contributed by atoms with van der Waals surface area (Å²) in [6, 6.07) is 4.04. The molecule has 0 saturated heterocycles. The highest BCUT2D eigenvalue weighted by molar-refractivity contribution is 7.10. The summed E-state index contributed by atoms with van der Waals surface area (Å²) in [5.74, 6) is 0. The largest absolute Gasteiger partial charge is 0.319 e. The Bertz CT molecular complexity index is 517. The minimum Gasteiger partial charge on any atom is -0.319 e. The molecule has 0 aromatic carbocycles. The van der Waals surface area contributed by atoms with E-state index in [1.807, 2.05) is 31.6 Å². The van der Waals surface area contributed by atoms with Crippen LogP contribution in [0, 0.1) is 0 Å². The van der Waals surface area contributed by atoms with E-state index >= 15 is 0 Å². The molecule has 1 aliphatic rings. The molecule has 3 nitrogen and oxygen atoms in total. The van der Waals surface area contributed by atoms with Crippen LogP contribution >= 0.6 is 11.3 Å². The van der Waals surface area contributed by atoms with Crippen molar-refractivity contribution >= 4 is 11.3 Å². The van der Waals surface area contributed by atoms with Crippen molar-refractivity contribution in [2.75, 3.05) is 13.6 Å². The molecular formula is C14H17N3S. The van der Waals surface area contributed by atoms with Crippen molar-refractivity contribution in [1.29, 1.82) is 0 Å². The molecule has 0 amide bonds. The Morgan fingerprint density at radius 2 is 2.11 bits per heavy atom. The monoisotopic (exact) mass is 259 g/mol. The first-order valence-electron chi connectivity index (χ1n) is 6.35. The van der Waals surface area contributed by atoms with Crippen LogP contribution in [0.15, 0.2) is 29.9 Å². The van der Waals surface area contributed by atoms with Gasteiger partial charge < -0.3 is 5.32 Å². The van der Waals surface area contributed by atoms with E-state index in [4.69, 9.17) is 4.98 Å². The van der Waals surface area contributed by atoms with Crippen LogP contribution in [0.25, 0.3) is 11.3 Å².